The molecule has 7 nitrogen and oxygen atoms in total. The third-order valence-corrected chi connectivity index (χ3v) is 6.68. The predicted molar refractivity (Wildman–Crippen MR) is 115 cm³/mol. The van der Waals surface area contributed by atoms with E-state index in [0.717, 1.165) is 10.1 Å². The van der Waals surface area contributed by atoms with E-state index in [1.54, 1.807) is 13.8 Å². The van der Waals surface area contributed by atoms with Crippen LogP contribution in [0.2, 0.25) is 0 Å². The van der Waals surface area contributed by atoms with E-state index in [2.05, 4.69) is 26.1 Å². The number of carbonyl (C=O) groups is 1. The second-order valence-corrected chi connectivity index (χ2v) is 9.73. The number of nitrogens with zero attached hydrogens (tertiary/aromatic N) is 2. The molecule has 0 atom stereocenters. The Labute approximate surface area is 172 Å². The van der Waals surface area contributed by atoms with Gasteiger partial charge >= 0.3 is 0 Å². The summed E-state index contributed by atoms with van der Waals surface area (Å²) in [5, 5.41) is 2.74. The fourth-order valence-corrected chi connectivity index (χ4v) is 4.39. The molecule has 0 aliphatic heterocycles. The summed E-state index contributed by atoms with van der Waals surface area (Å²) in [5.41, 5.74) is 1.32. The first-order valence-electron chi connectivity index (χ1n) is 9.60. The van der Waals surface area contributed by atoms with Gasteiger partial charge in [0.25, 0.3) is 5.56 Å². The first-order valence-corrected chi connectivity index (χ1v) is 11.0. The fourth-order valence-electron chi connectivity index (χ4n) is 2.91. The lowest BCUT2D eigenvalue weighted by Crippen LogP contribution is -2.33. The van der Waals surface area contributed by atoms with Crippen LogP contribution in [0.3, 0.4) is 0 Å². The van der Waals surface area contributed by atoms with E-state index in [9.17, 15) is 18.0 Å². The number of nitrogens with one attached hydrogen (secondary N) is 1. The molecule has 0 aliphatic rings. The summed E-state index contributed by atoms with van der Waals surface area (Å²) in [6.45, 7) is 10.2. The first kappa shape index (κ1) is 22.8. The molecule has 1 heterocycles. The van der Waals surface area contributed by atoms with E-state index in [1.807, 2.05) is 24.3 Å². The zero-order valence-electron chi connectivity index (χ0n) is 17.6. The monoisotopic (exact) mass is 419 g/mol. The lowest BCUT2D eigenvalue weighted by atomic mass is 9.87. The van der Waals surface area contributed by atoms with Crippen LogP contribution in [0.5, 0.6) is 0 Å². The van der Waals surface area contributed by atoms with Crippen molar-refractivity contribution in [2.45, 2.75) is 51.5 Å². The smallest absolute Gasteiger partial charge is 0.251 e. The van der Waals surface area contributed by atoms with Gasteiger partial charge in [0, 0.05) is 31.0 Å². The van der Waals surface area contributed by atoms with E-state index < -0.39 is 21.5 Å². The van der Waals surface area contributed by atoms with Crippen LogP contribution >= 0.6 is 0 Å². The number of anilines is 1. The number of pyridine rings is 1. The molecule has 0 aliphatic carbocycles. The molecule has 29 heavy (non-hydrogen) atoms. The molecule has 2 aromatic rings. The van der Waals surface area contributed by atoms with Crippen molar-refractivity contribution in [2.75, 3.05) is 18.4 Å². The van der Waals surface area contributed by atoms with Gasteiger partial charge in [-0.25, -0.2) is 8.42 Å². The van der Waals surface area contributed by atoms with E-state index >= 15 is 0 Å². The van der Waals surface area contributed by atoms with Gasteiger partial charge in [0.15, 0.2) is 0 Å². The van der Waals surface area contributed by atoms with Gasteiger partial charge in [0.2, 0.25) is 15.9 Å². The third kappa shape index (κ3) is 5.55. The molecule has 0 radical (unpaired) electrons. The zero-order chi connectivity index (χ0) is 21.8. The molecule has 0 saturated carbocycles. The van der Waals surface area contributed by atoms with Crippen molar-refractivity contribution in [1.82, 2.24) is 8.87 Å². The van der Waals surface area contributed by atoms with Crippen LogP contribution in [0.15, 0.2) is 52.3 Å². The second-order valence-electron chi connectivity index (χ2n) is 7.80. The number of aromatic nitrogens is 1. The summed E-state index contributed by atoms with van der Waals surface area (Å²) in [6.07, 6.45) is 1.22. The number of benzene rings is 1. The number of sulfonamides is 1. The highest BCUT2D eigenvalue weighted by Gasteiger charge is 2.22. The fraction of sp³-hybridized carbons (Fsp3) is 0.429. The van der Waals surface area contributed by atoms with Crippen molar-refractivity contribution in [1.29, 1.82) is 0 Å². The third-order valence-electron chi connectivity index (χ3n) is 4.65. The number of carbonyl (C=O) groups excluding carboxylic acids is 1. The molecule has 1 aromatic carbocycles. The topological polar surface area (TPSA) is 88.5 Å². The van der Waals surface area contributed by atoms with Crippen LogP contribution in [-0.4, -0.2) is 36.3 Å². The standard InChI is InChI=1S/C21H29N3O4S/c1-6-24(7-2)29(27,28)18-12-13-20(26)23(14-18)15-19(25)22-17-10-8-16(9-11-17)21(3,4)5/h8-14H,6-7,15H2,1-5H3,(H,22,25). The molecular weight excluding hydrogens is 390 g/mol. The molecule has 1 amide bonds. The first-order chi connectivity index (χ1) is 13.5. The van der Waals surface area contributed by atoms with Crippen molar-refractivity contribution in [3.63, 3.8) is 0 Å². The summed E-state index contributed by atoms with van der Waals surface area (Å²) < 4.78 is 27.7. The SMILES string of the molecule is CCN(CC)S(=O)(=O)c1ccc(=O)n(CC(=O)Nc2ccc(C(C)(C)C)cc2)c1. The summed E-state index contributed by atoms with van der Waals surface area (Å²) in [7, 11) is -3.71. The summed E-state index contributed by atoms with van der Waals surface area (Å²) >= 11 is 0. The van der Waals surface area contributed by atoms with Crippen LogP contribution in [0, 0.1) is 0 Å². The normalized spacial score (nSPS) is 12.2. The number of rotatable bonds is 7. The van der Waals surface area contributed by atoms with Crippen molar-refractivity contribution in [2.24, 2.45) is 0 Å². The van der Waals surface area contributed by atoms with Crippen molar-refractivity contribution in [3.05, 3.63) is 58.5 Å². The highest BCUT2D eigenvalue weighted by Crippen LogP contribution is 2.23. The molecule has 1 N–H and O–H groups in total. The number of hydrogen-bond acceptors (Lipinski definition) is 4. The Morgan fingerprint density at radius 1 is 1.03 bits per heavy atom. The van der Waals surface area contributed by atoms with E-state index in [-0.39, 0.29) is 16.9 Å². The molecule has 0 fully saturated rings. The van der Waals surface area contributed by atoms with E-state index in [4.69, 9.17) is 0 Å². The lowest BCUT2D eigenvalue weighted by Gasteiger charge is -2.19. The minimum absolute atomic E-state index is 0.00659. The number of hydrogen-bond donors (Lipinski definition) is 1. The van der Waals surface area contributed by atoms with E-state index in [0.29, 0.717) is 18.8 Å². The Morgan fingerprint density at radius 3 is 2.14 bits per heavy atom. The Bertz CT molecular complexity index is 1020. The molecule has 0 bridgehead atoms. The van der Waals surface area contributed by atoms with E-state index in [1.165, 1.54) is 22.6 Å². The van der Waals surface area contributed by atoms with Crippen molar-refractivity contribution >= 4 is 21.6 Å². The van der Waals surface area contributed by atoms with Gasteiger partial charge in [-0.1, -0.05) is 46.8 Å². The minimum atomic E-state index is -3.71. The predicted octanol–water partition coefficient (Wildman–Crippen LogP) is 2.82. The van der Waals surface area contributed by atoms with Crippen LogP contribution in [0.4, 0.5) is 5.69 Å². The molecule has 158 valence electrons. The second kappa shape index (κ2) is 8.92. The quantitative estimate of drug-likeness (QED) is 0.747. The van der Waals surface area contributed by atoms with Crippen molar-refractivity contribution < 1.29 is 13.2 Å². The average Bonchev–Trinajstić information content (AvgIpc) is 2.63. The number of amides is 1. The molecule has 0 unspecified atom stereocenters. The lowest BCUT2D eigenvalue weighted by molar-refractivity contribution is -0.116. The van der Waals surface area contributed by atoms with Gasteiger partial charge in [0.1, 0.15) is 6.54 Å². The van der Waals surface area contributed by atoms with Gasteiger partial charge in [-0.3, -0.25) is 9.59 Å². The summed E-state index contributed by atoms with van der Waals surface area (Å²) in [6, 6.07) is 9.94. The zero-order valence-corrected chi connectivity index (χ0v) is 18.4. The molecule has 2 rings (SSSR count). The van der Waals surface area contributed by atoms with Crippen LogP contribution in [0.25, 0.3) is 0 Å². The highest BCUT2D eigenvalue weighted by atomic mass is 32.2. The van der Waals surface area contributed by atoms with Crippen LogP contribution < -0.4 is 10.9 Å². The Kier molecular flexibility index (Phi) is 7.02. The largest absolute Gasteiger partial charge is 0.325 e. The maximum Gasteiger partial charge on any atom is 0.251 e. The molecule has 0 spiro atoms. The average molecular weight is 420 g/mol. The maximum absolute atomic E-state index is 12.7. The Balaban J connectivity index is 2.19. The maximum atomic E-state index is 12.7. The molecular formula is C21H29N3O4S. The van der Waals surface area contributed by atoms with Crippen molar-refractivity contribution in [3.8, 4) is 0 Å². The van der Waals surface area contributed by atoms with Gasteiger partial charge in [0.05, 0.1) is 4.90 Å². The molecule has 0 saturated heterocycles. The van der Waals surface area contributed by atoms with Gasteiger partial charge in [-0.05, 0) is 29.2 Å². The van der Waals surface area contributed by atoms with Crippen LogP contribution in [-0.2, 0) is 26.8 Å². The summed E-state index contributed by atoms with van der Waals surface area (Å²) in [4.78, 5) is 24.5. The van der Waals surface area contributed by atoms with Gasteiger partial charge in [-0.15, -0.1) is 0 Å². The highest BCUT2D eigenvalue weighted by molar-refractivity contribution is 7.89. The molecule has 8 heteroatoms. The Morgan fingerprint density at radius 2 is 1.62 bits per heavy atom. The summed E-state index contributed by atoms with van der Waals surface area (Å²) in [5.74, 6) is -0.409. The van der Waals surface area contributed by atoms with Crippen LogP contribution in [0.1, 0.15) is 40.2 Å². The Hall–Kier alpha value is -2.45. The minimum Gasteiger partial charge on any atom is -0.325 e. The molecule has 1 aromatic heterocycles. The van der Waals surface area contributed by atoms with Gasteiger partial charge in [-0.2, -0.15) is 4.31 Å². The van der Waals surface area contributed by atoms with Gasteiger partial charge < -0.3 is 9.88 Å².